The Kier molecular flexibility index (Phi) is 1440. The van der Waals surface area contributed by atoms with Gasteiger partial charge in [-0.15, -0.1) is 0 Å². The molecule has 0 aliphatic rings. The van der Waals surface area contributed by atoms with Gasteiger partial charge < -0.3 is 4.39 Å². The molecule has 0 N–H and O–H groups in total. The number of hydrogen-bond acceptors (Lipinski definition) is 0. The Morgan fingerprint density at radius 1 is 1.00 bits per heavy atom. The smallest absolute Gasteiger partial charge is 0.0866 e. The zero-order valence-electron chi connectivity index (χ0n) is 3.75. The third kappa shape index (κ3) is 612. The molecule has 0 nitrogen and oxygen atoms in total. The quantitative estimate of drug-likeness (QED) is 0.549. The van der Waals surface area contributed by atoms with Gasteiger partial charge in [-0.25, -0.2) is 0 Å². The molecule has 0 heterocycles. The van der Waals surface area contributed by atoms with Crippen molar-refractivity contribution >= 4 is 0 Å². The van der Waals surface area contributed by atoms with Crippen LogP contribution in [0.2, 0.25) is 0 Å². The van der Waals surface area contributed by atoms with Crippen molar-refractivity contribution in [2.75, 3.05) is 6.67 Å². The SMILES string of the molecule is C.C.C.C.CCF.[CH2-]F.[Y]. The van der Waals surface area contributed by atoms with E-state index < -0.39 is 0 Å². The molecule has 0 fully saturated rings. The average Bonchev–Trinajstić information content (AvgIpc) is 1.46. The van der Waals surface area contributed by atoms with Gasteiger partial charge in [0.05, 0.1) is 6.67 Å². The fourth-order valence-electron chi connectivity index (χ4n) is 0. The van der Waals surface area contributed by atoms with Crippen LogP contribution >= 0.6 is 0 Å². The van der Waals surface area contributed by atoms with Crippen molar-refractivity contribution in [3.8, 4) is 0 Å². The Morgan fingerprint density at radius 2 is 1.00 bits per heavy atom. The molecule has 0 spiro atoms. The fraction of sp³-hybridized carbons (Fsp3) is 0.857. The van der Waals surface area contributed by atoms with Crippen molar-refractivity contribution in [3.63, 3.8) is 0 Å². The second kappa shape index (κ2) is 208. The topological polar surface area (TPSA) is 0 Å². The van der Waals surface area contributed by atoms with Crippen molar-refractivity contribution in [1.82, 2.24) is 0 Å². The van der Waals surface area contributed by atoms with Crippen LogP contribution in [0.3, 0.4) is 0 Å². The summed E-state index contributed by atoms with van der Waals surface area (Å²) in [6.45, 7) is 1.21. The summed E-state index contributed by atoms with van der Waals surface area (Å²) in [6, 6.07) is 0. The second-order valence-corrected chi connectivity index (χ2v) is 0.267. The summed E-state index contributed by atoms with van der Waals surface area (Å²) in [7, 11) is 1.75. The number of hydrogen-bond donors (Lipinski definition) is 0. The first-order chi connectivity index (χ1) is 2.41. The number of rotatable bonds is 0. The monoisotopic (exact) mass is 234 g/mol. The molecule has 0 aromatic rings. The molecule has 0 unspecified atom stereocenters. The Morgan fingerprint density at radius 3 is 1.00 bits per heavy atom. The fourth-order valence-corrected chi connectivity index (χ4v) is 0. The summed E-state index contributed by atoms with van der Waals surface area (Å²) < 4.78 is 19.5. The molecule has 3 heteroatoms. The first kappa shape index (κ1) is 69.3. The molecule has 0 amide bonds. The van der Waals surface area contributed by atoms with Gasteiger partial charge >= 0.3 is 0 Å². The van der Waals surface area contributed by atoms with Crippen LogP contribution < -0.4 is 0 Å². The van der Waals surface area contributed by atoms with Gasteiger partial charge in [0.1, 0.15) is 0 Å². The van der Waals surface area contributed by atoms with E-state index >= 15 is 0 Å². The van der Waals surface area contributed by atoms with Crippen molar-refractivity contribution in [3.05, 3.63) is 7.18 Å². The molecule has 69 valence electrons. The van der Waals surface area contributed by atoms with Gasteiger partial charge in [0.2, 0.25) is 0 Å². The summed E-state index contributed by atoms with van der Waals surface area (Å²) >= 11 is 0. The summed E-state index contributed by atoms with van der Waals surface area (Å²) in [5, 5.41) is 0. The molecule has 0 bridgehead atoms. The summed E-state index contributed by atoms with van der Waals surface area (Å²) in [6.07, 6.45) is 0. The minimum atomic E-state index is -0.250. The van der Waals surface area contributed by atoms with E-state index in [1.807, 2.05) is 0 Å². The van der Waals surface area contributed by atoms with E-state index in [0.717, 1.165) is 0 Å². The van der Waals surface area contributed by atoms with Crippen LogP contribution in [0.5, 0.6) is 0 Å². The largest absolute Gasteiger partial charge is 0.463 e. The van der Waals surface area contributed by atoms with Crippen molar-refractivity contribution in [2.45, 2.75) is 36.6 Å². The maximum atomic E-state index is 10.3. The Balaban J connectivity index is -0.00000000246. The van der Waals surface area contributed by atoms with E-state index in [0.29, 0.717) is 0 Å². The van der Waals surface area contributed by atoms with Crippen LogP contribution in [-0.2, 0) is 32.7 Å². The molecular formula is C7H23F2Y-. The molecule has 0 aromatic carbocycles. The number of alkyl halides is 1. The molecule has 0 rings (SSSR count). The first-order valence-corrected chi connectivity index (χ1v) is 1.24. The third-order valence-electron chi connectivity index (χ3n) is 0. The van der Waals surface area contributed by atoms with Gasteiger partial charge in [-0.1, -0.05) is 29.7 Å². The van der Waals surface area contributed by atoms with Gasteiger partial charge in [-0.2, -0.15) is 7.18 Å². The van der Waals surface area contributed by atoms with Gasteiger partial charge in [0.25, 0.3) is 0 Å². The average molecular weight is 234 g/mol. The van der Waals surface area contributed by atoms with Crippen LogP contribution in [-0.4, -0.2) is 6.67 Å². The predicted molar refractivity (Wildman–Crippen MR) is 45.0 cm³/mol. The standard InChI is InChI=1S/C2H5F.CH2F.4CH4.Y/c1-2-3;1-2;;;;;/h2H2,1H3;1H2;4*1H4;/q;-1;;;;;. The summed E-state index contributed by atoms with van der Waals surface area (Å²) in [5.41, 5.74) is 0. The predicted octanol–water partition coefficient (Wildman–Crippen LogP) is 4.27. The minimum absolute atomic E-state index is 0. The van der Waals surface area contributed by atoms with E-state index in [1.54, 1.807) is 7.18 Å². The third-order valence-corrected chi connectivity index (χ3v) is 0. The molecule has 1 radical (unpaired) electrons. The normalized spacial score (nSPS) is 2.40. The second-order valence-electron chi connectivity index (χ2n) is 0.267. The van der Waals surface area contributed by atoms with E-state index in [-0.39, 0.29) is 69.1 Å². The van der Waals surface area contributed by atoms with Crippen molar-refractivity contribution < 1.29 is 41.5 Å². The zero-order valence-corrected chi connectivity index (χ0v) is 6.59. The Hall–Kier alpha value is 0.964. The molecular weight excluding hydrogens is 211 g/mol. The molecule has 0 aliphatic heterocycles. The van der Waals surface area contributed by atoms with E-state index in [4.69, 9.17) is 0 Å². The zero-order chi connectivity index (χ0) is 4.71. The van der Waals surface area contributed by atoms with E-state index in [9.17, 15) is 8.78 Å². The van der Waals surface area contributed by atoms with E-state index in [2.05, 4.69) is 0 Å². The molecule has 0 aromatic heterocycles. The maximum Gasteiger partial charge on any atom is 0.0866 e. The van der Waals surface area contributed by atoms with Crippen LogP contribution in [0.4, 0.5) is 8.78 Å². The van der Waals surface area contributed by atoms with Crippen LogP contribution in [0.15, 0.2) is 0 Å². The van der Waals surface area contributed by atoms with Crippen LogP contribution in [0, 0.1) is 7.18 Å². The van der Waals surface area contributed by atoms with Crippen molar-refractivity contribution in [2.24, 2.45) is 0 Å². The van der Waals surface area contributed by atoms with Crippen LogP contribution in [0.1, 0.15) is 36.6 Å². The summed E-state index contributed by atoms with van der Waals surface area (Å²) in [5.74, 6) is 0. The molecule has 0 saturated heterocycles. The summed E-state index contributed by atoms with van der Waals surface area (Å²) in [4.78, 5) is 0. The van der Waals surface area contributed by atoms with Gasteiger partial charge in [0.15, 0.2) is 0 Å². The van der Waals surface area contributed by atoms with E-state index in [1.165, 1.54) is 6.92 Å². The minimum Gasteiger partial charge on any atom is -0.463 e. The maximum absolute atomic E-state index is 10.3. The van der Waals surface area contributed by atoms with Crippen LogP contribution in [0.25, 0.3) is 0 Å². The molecule has 0 aliphatic carbocycles. The Bertz CT molecular complexity index is 11.6. The van der Waals surface area contributed by atoms with Gasteiger partial charge in [-0.3, -0.25) is 4.39 Å². The number of halogens is 2. The van der Waals surface area contributed by atoms with Gasteiger partial charge in [0, 0.05) is 32.7 Å². The van der Waals surface area contributed by atoms with Gasteiger partial charge in [-0.05, 0) is 6.92 Å². The Labute approximate surface area is 91.7 Å². The molecule has 0 saturated carbocycles. The molecule has 10 heavy (non-hydrogen) atoms. The van der Waals surface area contributed by atoms with Crippen molar-refractivity contribution in [1.29, 1.82) is 0 Å². The molecule has 0 atom stereocenters. The first-order valence-electron chi connectivity index (χ1n) is 1.24.